The minimum Gasteiger partial charge on any atom is -0.481 e. The van der Waals surface area contributed by atoms with Crippen LogP contribution < -0.4 is 5.32 Å². The van der Waals surface area contributed by atoms with Gasteiger partial charge in [-0.2, -0.15) is 0 Å². The van der Waals surface area contributed by atoms with Crippen LogP contribution in [0.5, 0.6) is 0 Å². The highest BCUT2D eigenvalue weighted by Gasteiger charge is 2.17. The van der Waals surface area contributed by atoms with Gasteiger partial charge in [-0.15, -0.1) is 0 Å². The molecule has 0 amide bonds. The number of hydrogen-bond acceptors (Lipinski definition) is 4. The van der Waals surface area contributed by atoms with E-state index in [2.05, 4.69) is 5.32 Å². The van der Waals surface area contributed by atoms with Crippen molar-refractivity contribution in [3.05, 3.63) is 24.3 Å². The Hall–Kier alpha value is -1.56. The Balaban J connectivity index is 2.75. The summed E-state index contributed by atoms with van der Waals surface area (Å²) in [6.45, 7) is 3.53. The first-order chi connectivity index (χ1) is 9.36. The highest BCUT2D eigenvalue weighted by molar-refractivity contribution is 7.91. The van der Waals surface area contributed by atoms with E-state index in [-0.39, 0.29) is 18.2 Å². The van der Waals surface area contributed by atoms with E-state index in [0.717, 1.165) is 0 Å². The number of benzene rings is 1. The summed E-state index contributed by atoms with van der Waals surface area (Å²) in [4.78, 5) is 10.8. The first-order valence-corrected chi connectivity index (χ1v) is 8.32. The zero-order valence-electron chi connectivity index (χ0n) is 11.8. The number of para-hydroxylation sites is 1. The highest BCUT2D eigenvalue weighted by atomic mass is 32.2. The van der Waals surface area contributed by atoms with Gasteiger partial charge in [-0.1, -0.05) is 19.1 Å². The molecular weight excluding hydrogens is 278 g/mol. The van der Waals surface area contributed by atoms with E-state index in [1.807, 2.05) is 6.92 Å². The molecule has 1 aromatic rings. The number of carboxylic acids is 1. The molecule has 20 heavy (non-hydrogen) atoms. The van der Waals surface area contributed by atoms with E-state index in [1.165, 1.54) is 0 Å². The second-order valence-corrected chi connectivity index (χ2v) is 6.98. The van der Waals surface area contributed by atoms with Crippen molar-refractivity contribution >= 4 is 21.5 Å². The summed E-state index contributed by atoms with van der Waals surface area (Å²) < 4.78 is 24.0. The van der Waals surface area contributed by atoms with Gasteiger partial charge in [-0.25, -0.2) is 8.42 Å². The highest BCUT2D eigenvalue weighted by Crippen LogP contribution is 2.23. The number of rotatable bonds is 8. The maximum Gasteiger partial charge on any atom is 0.303 e. The van der Waals surface area contributed by atoms with Crippen LogP contribution in [0.15, 0.2) is 29.2 Å². The van der Waals surface area contributed by atoms with Crippen LogP contribution in [0.1, 0.15) is 33.1 Å². The van der Waals surface area contributed by atoms with Gasteiger partial charge in [0.2, 0.25) is 0 Å². The van der Waals surface area contributed by atoms with Gasteiger partial charge in [0.15, 0.2) is 9.84 Å². The fourth-order valence-electron chi connectivity index (χ4n) is 1.91. The van der Waals surface area contributed by atoms with Gasteiger partial charge in [-0.3, -0.25) is 4.79 Å². The number of hydrogen-bond donors (Lipinski definition) is 2. The average molecular weight is 299 g/mol. The van der Waals surface area contributed by atoms with Crippen molar-refractivity contribution in [1.29, 1.82) is 0 Å². The van der Waals surface area contributed by atoms with Gasteiger partial charge in [-0.05, 0) is 31.9 Å². The van der Waals surface area contributed by atoms with Crippen molar-refractivity contribution in [2.45, 2.75) is 44.0 Å². The third-order valence-corrected chi connectivity index (χ3v) is 4.82. The van der Waals surface area contributed by atoms with Crippen LogP contribution in [0.25, 0.3) is 0 Å². The maximum absolute atomic E-state index is 12.0. The molecule has 0 radical (unpaired) electrons. The van der Waals surface area contributed by atoms with Crippen LogP contribution in [-0.4, -0.2) is 31.3 Å². The minimum absolute atomic E-state index is 0.0163. The van der Waals surface area contributed by atoms with Crippen molar-refractivity contribution in [3.63, 3.8) is 0 Å². The van der Waals surface area contributed by atoms with Crippen LogP contribution in [0.2, 0.25) is 0 Å². The third-order valence-electron chi connectivity index (χ3n) is 3.03. The molecule has 0 aromatic heterocycles. The number of carbonyl (C=O) groups is 1. The normalized spacial score (nSPS) is 12.9. The molecule has 112 valence electrons. The molecule has 1 rings (SSSR count). The van der Waals surface area contributed by atoms with Crippen LogP contribution in [0.3, 0.4) is 0 Å². The largest absolute Gasteiger partial charge is 0.481 e. The van der Waals surface area contributed by atoms with Crippen LogP contribution >= 0.6 is 0 Å². The van der Waals surface area contributed by atoms with Gasteiger partial charge in [0.05, 0.1) is 16.3 Å². The SMILES string of the molecule is CCS(=O)(=O)c1ccccc1NC(C)CCCC(=O)O. The molecule has 0 saturated carbocycles. The van der Waals surface area contributed by atoms with E-state index < -0.39 is 15.8 Å². The van der Waals surface area contributed by atoms with Crippen molar-refractivity contribution < 1.29 is 18.3 Å². The van der Waals surface area contributed by atoms with Crippen molar-refractivity contribution in [2.24, 2.45) is 0 Å². The molecule has 1 aromatic carbocycles. The lowest BCUT2D eigenvalue weighted by Crippen LogP contribution is -2.18. The van der Waals surface area contributed by atoms with Crippen molar-refractivity contribution in [3.8, 4) is 0 Å². The summed E-state index contributed by atoms with van der Waals surface area (Å²) in [6.07, 6.45) is 1.36. The third kappa shape index (κ3) is 4.85. The fraction of sp³-hybridized carbons (Fsp3) is 0.500. The molecule has 0 spiro atoms. The zero-order valence-corrected chi connectivity index (χ0v) is 12.6. The summed E-state index contributed by atoms with van der Waals surface area (Å²) in [5.41, 5.74) is 0.581. The Kier molecular flexibility index (Phi) is 6.01. The van der Waals surface area contributed by atoms with E-state index in [9.17, 15) is 13.2 Å². The number of aliphatic carboxylic acids is 1. The molecule has 1 unspecified atom stereocenters. The first-order valence-electron chi connectivity index (χ1n) is 6.67. The fourth-order valence-corrected chi connectivity index (χ4v) is 2.97. The quantitative estimate of drug-likeness (QED) is 0.770. The Labute approximate surface area is 119 Å². The maximum atomic E-state index is 12.0. The zero-order chi connectivity index (χ0) is 15.2. The molecule has 0 aliphatic heterocycles. The van der Waals surface area contributed by atoms with Gasteiger partial charge in [0, 0.05) is 12.5 Å². The molecule has 0 bridgehead atoms. The van der Waals surface area contributed by atoms with Crippen LogP contribution in [0.4, 0.5) is 5.69 Å². The van der Waals surface area contributed by atoms with Gasteiger partial charge in [0.1, 0.15) is 0 Å². The topological polar surface area (TPSA) is 83.5 Å². The van der Waals surface area contributed by atoms with E-state index in [0.29, 0.717) is 23.4 Å². The monoisotopic (exact) mass is 299 g/mol. The Bertz CT molecular complexity index is 554. The minimum atomic E-state index is -3.27. The number of nitrogens with one attached hydrogen (secondary N) is 1. The summed E-state index contributed by atoms with van der Waals surface area (Å²) in [7, 11) is -3.27. The van der Waals surface area contributed by atoms with Gasteiger partial charge < -0.3 is 10.4 Å². The van der Waals surface area contributed by atoms with E-state index in [1.54, 1.807) is 31.2 Å². The number of sulfone groups is 1. The number of carboxylic acid groups (broad SMARTS) is 1. The second kappa shape index (κ2) is 7.28. The predicted octanol–water partition coefficient (Wildman–Crippen LogP) is 2.54. The van der Waals surface area contributed by atoms with Crippen molar-refractivity contribution in [1.82, 2.24) is 0 Å². The molecular formula is C14H21NO4S. The standard InChI is InChI=1S/C14H21NO4S/c1-3-20(18,19)13-9-5-4-8-12(13)15-11(2)7-6-10-14(16)17/h4-5,8-9,11,15H,3,6-7,10H2,1-2H3,(H,16,17). The van der Waals surface area contributed by atoms with E-state index in [4.69, 9.17) is 5.11 Å². The lowest BCUT2D eigenvalue weighted by Gasteiger charge is -2.17. The molecule has 0 aliphatic carbocycles. The van der Waals surface area contributed by atoms with Crippen LogP contribution in [-0.2, 0) is 14.6 Å². The molecule has 5 nitrogen and oxygen atoms in total. The summed E-state index contributed by atoms with van der Waals surface area (Å²) in [5.74, 6) is -0.759. The predicted molar refractivity (Wildman–Crippen MR) is 78.7 cm³/mol. The lowest BCUT2D eigenvalue weighted by molar-refractivity contribution is -0.137. The molecule has 0 saturated heterocycles. The Morgan fingerprint density at radius 3 is 2.60 bits per heavy atom. The Morgan fingerprint density at radius 1 is 1.35 bits per heavy atom. The smallest absolute Gasteiger partial charge is 0.303 e. The molecule has 0 aliphatic rings. The summed E-state index contributed by atoms with van der Waals surface area (Å²) >= 11 is 0. The average Bonchev–Trinajstić information content (AvgIpc) is 2.38. The molecule has 2 N–H and O–H groups in total. The molecule has 0 fully saturated rings. The molecule has 6 heteroatoms. The molecule has 1 atom stereocenters. The van der Waals surface area contributed by atoms with Crippen LogP contribution in [0, 0.1) is 0 Å². The second-order valence-electron chi connectivity index (χ2n) is 4.73. The lowest BCUT2D eigenvalue weighted by atomic mass is 10.1. The summed E-state index contributed by atoms with van der Waals surface area (Å²) in [6, 6.07) is 6.81. The van der Waals surface area contributed by atoms with Gasteiger partial charge >= 0.3 is 5.97 Å². The Morgan fingerprint density at radius 2 is 2.00 bits per heavy atom. The van der Waals surface area contributed by atoms with Gasteiger partial charge in [0.25, 0.3) is 0 Å². The number of anilines is 1. The summed E-state index contributed by atoms with van der Waals surface area (Å²) in [5, 5.41) is 11.8. The van der Waals surface area contributed by atoms with E-state index >= 15 is 0 Å². The van der Waals surface area contributed by atoms with Crippen molar-refractivity contribution in [2.75, 3.05) is 11.1 Å². The molecule has 0 heterocycles. The first kappa shape index (κ1) is 16.5.